The fourth-order valence-electron chi connectivity index (χ4n) is 4.24. The van der Waals surface area contributed by atoms with Gasteiger partial charge < -0.3 is 25.6 Å². The Labute approximate surface area is 214 Å². The van der Waals surface area contributed by atoms with E-state index in [0.29, 0.717) is 31.1 Å². The van der Waals surface area contributed by atoms with E-state index in [4.69, 9.17) is 20.4 Å². The highest BCUT2D eigenvalue weighted by Crippen LogP contribution is 2.50. The molecule has 1 saturated heterocycles. The Morgan fingerprint density at radius 3 is 2.75 bits per heavy atom. The van der Waals surface area contributed by atoms with Gasteiger partial charge in [0.2, 0.25) is 5.95 Å². The average Bonchev–Trinajstić information content (AvgIpc) is 3.33. The summed E-state index contributed by atoms with van der Waals surface area (Å²) in [6, 6.07) is 7.88. The first-order chi connectivity index (χ1) is 17.5. The zero-order chi connectivity index (χ0) is 25.1. The number of nitrogen functional groups attached to an aromatic ring is 1. The highest BCUT2D eigenvalue weighted by Gasteiger charge is 2.32. The van der Waals surface area contributed by atoms with Crippen LogP contribution in [0.15, 0.2) is 41.6 Å². The molecular weight excluding hydrogens is 476 g/mol. The Morgan fingerprint density at radius 2 is 2.00 bits per heavy atom. The standard InChI is InChI=1S/C25H30N8O2S/c1-32(2)7-6-27-24(34)17-5-3-4-16(12-17)20-13-19-21(36-20)23(33-8-10-35-11-9-33)31-22(30-19)18-14-28-25(26)29-15-18/h3-5,12,14-15,20H,6-11,13H2,1-2H3,(H,27,34)(H2,26,28,29). The molecule has 1 atom stereocenters. The molecule has 0 aliphatic carbocycles. The monoisotopic (exact) mass is 506 g/mol. The van der Waals surface area contributed by atoms with Crippen LogP contribution in [0.2, 0.25) is 0 Å². The van der Waals surface area contributed by atoms with Gasteiger partial charge in [0.05, 0.1) is 29.4 Å². The lowest BCUT2D eigenvalue weighted by molar-refractivity contribution is 0.0951. The molecular formula is C25H30N8O2S. The van der Waals surface area contributed by atoms with Gasteiger partial charge in [-0.15, -0.1) is 11.8 Å². The van der Waals surface area contributed by atoms with E-state index in [-0.39, 0.29) is 17.1 Å². The van der Waals surface area contributed by atoms with E-state index in [2.05, 4.69) is 26.3 Å². The number of likely N-dealkylation sites (N-methyl/N-ethyl adjacent to an activating group) is 1. The number of carbonyl (C=O) groups excluding carboxylic acids is 1. The largest absolute Gasteiger partial charge is 0.378 e. The number of nitrogens with zero attached hydrogens (tertiary/aromatic N) is 6. The van der Waals surface area contributed by atoms with Gasteiger partial charge in [0.25, 0.3) is 5.91 Å². The minimum atomic E-state index is -0.0568. The maximum absolute atomic E-state index is 12.7. The molecule has 3 N–H and O–H groups in total. The molecule has 1 fully saturated rings. The van der Waals surface area contributed by atoms with Crippen LogP contribution in [0.5, 0.6) is 0 Å². The van der Waals surface area contributed by atoms with Crippen molar-refractivity contribution in [3.8, 4) is 11.4 Å². The second-order valence-corrected chi connectivity index (χ2v) is 10.3. The lowest BCUT2D eigenvalue weighted by atomic mass is 10.0. The number of hydrogen-bond acceptors (Lipinski definition) is 10. The molecule has 0 bridgehead atoms. The van der Waals surface area contributed by atoms with Gasteiger partial charge in [-0.2, -0.15) is 0 Å². The maximum atomic E-state index is 12.7. The Hall–Kier alpha value is -3.28. The van der Waals surface area contributed by atoms with Crippen molar-refractivity contribution in [3.05, 3.63) is 53.5 Å². The topological polar surface area (TPSA) is 122 Å². The number of hydrogen-bond donors (Lipinski definition) is 2. The number of thioether (sulfide) groups is 1. The van der Waals surface area contributed by atoms with Gasteiger partial charge in [-0.3, -0.25) is 4.79 Å². The van der Waals surface area contributed by atoms with Crippen molar-refractivity contribution in [2.75, 3.05) is 64.1 Å². The van der Waals surface area contributed by atoms with Crippen molar-refractivity contribution < 1.29 is 9.53 Å². The van der Waals surface area contributed by atoms with Crippen LogP contribution in [-0.4, -0.2) is 84.2 Å². The number of nitrogens with one attached hydrogen (secondary N) is 1. The highest BCUT2D eigenvalue weighted by molar-refractivity contribution is 8.00. The summed E-state index contributed by atoms with van der Waals surface area (Å²) in [5, 5.41) is 3.14. The predicted molar refractivity (Wildman–Crippen MR) is 140 cm³/mol. The average molecular weight is 507 g/mol. The Kier molecular flexibility index (Phi) is 7.30. The van der Waals surface area contributed by atoms with Crippen LogP contribution >= 0.6 is 11.8 Å². The summed E-state index contributed by atoms with van der Waals surface area (Å²) >= 11 is 1.76. The third-order valence-electron chi connectivity index (χ3n) is 6.16. The first kappa shape index (κ1) is 24.4. The van der Waals surface area contributed by atoms with Gasteiger partial charge in [0, 0.05) is 55.8 Å². The number of ether oxygens (including phenoxy) is 1. The van der Waals surface area contributed by atoms with Crippen LogP contribution in [0.1, 0.15) is 26.9 Å². The Bertz CT molecular complexity index is 1230. The van der Waals surface area contributed by atoms with Crippen molar-refractivity contribution in [3.63, 3.8) is 0 Å². The number of rotatable bonds is 7. The van der Waals surface area contributed by atoms with Gasteiger partial charge in [0.1, 0.15) is 5.82 Å². The van der Waals surface area contributed by atoms with E-state index >= 15 is 0 Å². The molecule has 11 heteroatoms. The van der Waals surface area contributed by atoms with Crippen molar-refractivity contribution in [2.45, 2.75) is 16.6 Å². The molecule has 188 valence electrons. The molecule has 0 radical (unpaired) electrons. The smallest absolute Gasteiger partial charge is 0.251 e. The van der Waals surface area contributed by atoms with E-state index in [1.165, 1.54) is 0 Å². The highest BCUT2D eigenvalue weighted by atomic mass is 32.2. The van der Waals surface area contributed by atoms with Gasteiger partial charge in [-0.1, -0.05) is 12.1 Å². The fraction of sp³-hybridized carbons (Fsp3) is 0.400. The minimum absolute atomic E-state index is 0.0568. The summed E-state index contributed by atoms with van der Waals surface area (Å²) in [5.41, 5.74) is 9.17. The lowest BCUT2D eigenvalue weighted by Gasteiger charge is -2.29. The van der Waals surface area contributed by atoms with E-state index in [9.17, 15) is 4.79 Å². The number of carbonyl (C=O) groups is 1. The zero-order valence-corrected chi connectivity index (χ0v) is 21.3. The van der Waals surface area contributed by atoms with Crippen LogP contribution in [0, 0.1) is 0 Å². The summed E-state index contributed by atoms with van der Waals surface area (Å²) in [7, 11) is 3.98. The molecule has 2 aliphatic rings. The van der Waals surface area contributed by atoms with E-state index in [1.54, 1.807) is 24.2 Å². The summed E-state index contributed by atoms with van der Waals surface area (Å²) in [6.45, 7) is 4.28. The number of aromatic nitrogens is 4. The minimum Gasteiger partial charge on any atom is -0.378 e. The molecule has 0 saturated carbocycles. The zero-order valence-electron chi connectivity index (χ0n) is 20.5. The van der Waals surface area contributed by atoms with Gasteiger partial charge in [-0.05, 0) is 31.8 Å². The molecule has 3 aromatic rings. The predicted octanol–water partition coefficient (Wildman–Crippen LogP) is 2.03. The molecule has 1 amide bonds. The SMILES string of the molecule is CN(C)CCNC(=O)c1cccc(C2Cc3nc(-c4cnc(N)nc4)nc(N4CCOCC4)c3S2)c1. The Morgan fingerprint density at radius 1 is 1.22 bits per heavy atom. The van der Waals surface area contributed by atoms with Gasteiger partial charge in [-0.25, -0.2) is 19.9 Å². The number of morpholine rings is 1. The molecule has 5 rings (SSSR count). The van der Waals surface area contributed by atoms with Crippen molar-refractivity contribution in [2.24, 2.45) is 0 Å². The van der Waals surface area contributed by atoms with Gasteiger partial charge >= 0.3 is 0 Å². The molecule has 0 spiro atoms. The molecule has 1 aromatic carbocycles. The summed E-state index contributed by atoms with van der Waals surface area (Å²) in [6.07, 6.45) is 4.06. The number of fused-ring (bicyclic) bond motifs is 1. The van der Waals surface area contributed by atoms with Crippen LogP contribution in [0.3, 0.4) is 0 Å². The molecule has 36 heavy (non-hydrogen) atoms. The second kappa shape index (κ2) is 10.8. The van der Waals surface area contributed by atoms with Crippen molar-refractivity contribution in [1.82, 2.24) is 30.2 Å². The first-order valence-corrected chi connectivity index (χ1v) is 12.9. The summed E-state index contributed by atoms with van der Waals surface area (Å²) < 4.78 is 5.57. The van der Waals surface area contributed by atoms with Crippen LogP contribution in [0.25, 0.3) is 11.4 Å². The number of amides is 1. The third kappa shape index (κ3) is 5.43. The molecule has 2 aliphatic heterocycles. The maximum Gasteiger partial charge on any atom is 0.251 e. The molecule has 4 heterocycles. The van der Waals surface area contributed by atoms with Crippen LogP contribution in [0.4, 0.5) is 11.8 Å². The van der Waals surface area contributed by atoms with E-state index < -0.39 is 0 Å². The van der Waals surface area contributed by atoms with Crippen molar-refractivity contribution in [1.29, 1.82) is 0 Å². The quantitative estimate of drug-likeness (QED) is 0.492. The second-order valence-electron chi connectivity index (χ2n) is 9.07. The normalized spacial score (nSPS) is 17.3. The van der Waals surface area contributed by atoms with Crippen molar-refractivity contribution >= 4 is 29.4 Å². The number of nitrogens with two attached hydrogens (primary N) is 1. The summed E-state index contributed by atoms with van der Waals surface area (Å²) in [5.74, 6) is 1.67. The Balaban J connectivity index is 1.42. The van der Waals surface area contributed by atoms with Crippen LogP contribution < -0.4 is 16.0 Å². The summed E-state index contributed by atoms with van der Waals surface area (Å²) in [4.78, 5) is 36.2. The third-order valence-corrected chi connectivity index (χ3v) is 7.54. The van der Waals surface area contributed by atoms with E-state index in [1.807, 2.05) is 37.2 Å². The number of anilines is 2. The fourth-order valence-corrected chi connectivity index (χ4v) is 5.59. The lowest BCUT2D eigenvalue weighted by Crippen LogP contribution is -2.37. The molecule has 2 aromatic heterocycles. The molecule has 1 unspecified atom stereocenters. The molecule has 10 nitrogen and oxygen atoms in total. The first-order valence-electron chi connectivity index (χ1n) is 12.0. The number of benzene rings is 1. The van der Waals surface area contributed by atoms with Gasteiger partial charge in [0.15, 0.2) is 5.82 Å². The van der Waals surface area contributed by atoms with E-state index in [0.717, 1.165) is 53.6 Å². The van der Waals surface area contributed by atoms with Crippen LogP contribution in [-0.2, 0) is 11.2 Å².